The lowest BCUT2D eigenvalue weighted by molar-refractivity contribution is -0.144. The molecule has 1 aliphatic rings. The number of amides is 4. The molecule has 2 atom stereocenters. The summed E-state index contributed by atoms with van der Waals surface area (Å²) in [6.45, 7) is 9.87. The number of aromatic nitrogens is 1. The summed E-state index contributed by atoms with van der Waals surface area (Å²) in [5, 5.41) is 3.43. The van der Waals surface area contributed by atoms with Gasteiger partial charge in [-0.05, 0) is 87.7 Å². The highest BCUT2D eigenvalue weighted by molar-refractivity contribution is 7.92. The monoisotopic (exact) mass is 1130 g/mol. The Hall–Kier alpha value is -6.68. The average molecular weight is 1130 g/mol. The summed E-state index contributed by atoms with van der Waals surface area (Å²) in [5.74, 6) is -2.20. The number of urea groups is 1. The number of nitrogens with one attached hydrogen (secondary N) is 2. The molecule has 2 N–H and O–H groups in total. The van der Waals surface area contributed by atoms with Crippen LogP contribution in [0, 0.1) is 6.92 Å². The minimum absolute atomic E-state index is 0.0267. The summed E-state index contributed by atoms with van der Waals surface area (Å²) in [7, 11) is -2.56. The molecule has 16 heteroatoms. The van der Waals surface area contributed by atoms with Crippen molar-refractivity contribution in [3.05, 3.63) is 137 Å². The number of sulfonamides is 1. The fourth-order valence-electron chi connectivity index (χ4n) is 10.4. The highest BCUT2D eigenvalue weighted by atomic mass is 35.5. The molecule has 1 aromatic heterocycles. The van der Waals surface area contributed by atoms with Gasteiger partial charge < -0.3 is 24.1 Å². The van der Waals surface area contributed by atoms with E-state index in [0.29, 0.717) is 44.8 Å². The van der Waals surface area contributed by atoms with Crippen molar-refractivity contribution in [2.45, 2.75) is 167 Å². The van der Waals surface area contributed by atoms with Gasteiger partial charge in [-0.15, -0.1) is 0 Å². The molecule has 1 saturated heterocycles. The predicted molar refractivity (Wildman–Crippen MR) is 319 cm³/mol. The second-order valence-electron chi connectivity index (χ2n) is 21.0. The largest absolute Gasteiger partial charge is 0.491 e. The number of carbonyl (C=O) groups excluding carboxylic acids is 4. The molecular formula is C64H80ClN5O9S. The number of ether oxygens (including phenoxy) is 3. The molecule has 6 aromatic rings. The summed E-state index contributed by atoms with van der Waals surface area (Å²) >= 11 is 6.40. The smallest absolute Gasteiger partial charge is 0.330 e. The quantitative estimate of drug-likeness (QED) is 0.0176. The number of rotatable bonds is 33. The number of halogens is 1. The maximum atomic E-state index is 16.1. The van der Waals surface area contributed by atoms with Crippen molar-refractivity contribution in [2.24, 2.45) is 7.05 Å². The molecule has 2 heterocycles. The molecule has 7 rings (SSSR count). The molecule has 4 amide bonds. The number of Topliss-reactive ketones (excluding diaryl/α,β-unsaturated/α-hetero) is 1. The van der Waals surface area contributed by atoms with E-state index < -0.39 is 45.9 Å². The van der Waals surface area contributed by atoms with E-state index in [1.54, 1.807) is 68.6 Å². The van der Waals surface area contributed by atoms with Crippen LogP contribution < -0.4 is 19.5 Å². The fraction of sp³-hybridized carbons (Fsp3) is 0.438. The third-order valence-electron chi connectivity index (χ3n) is 14.5. The van der Waals surface area contributed by atoms with Crippen molar-refractivity contribution >= 4 is 67.5 Å². The number of para-hydroxylation sites is 2. The number of unbranched alkanes of at least 4 members (excludes halogenated alkanes) is 15. The predicted octanol–water partition coefficient (Wildman–Crippen LogP) is 15.1. The molecule has 14 nitrogen and oxygen atoms in total. The first-order valence-electron chi connectivity index (χ1n) is 28.7. The van der Waals surface area contributed by atoms with Crippen molar-refractivity contribution < 1.29 is 41.8 Å². The first-order valence-corrected chi connectivity index (χ1v) is 30.5. The standard InChI is InChI=1S/C64H80ClN5O9S/c1-7-9-10-11-12-13-14-15-16-17-18-19-20-21-22-30-41-78-55-40-39-49(80(75,76)67-52-35-28-27-34-51(52)65)43-53(55)66-61(72)59(70-62(73)63(77-8-2)69(64(70)74)44-47-31-24-23-25-32-47)60(71)57-50-33-26-29-36-54(50)68(6)58(57)48-38-37-46(5)56(42-48)79-45(3)4/h23-29,31-40,42-43,45,59,63,67H,7-22,30,41,44H2,1-6H3,(H,66,72). The van der Waals surface area contributed by atoms with Gasteiger partial charge in [0.25, 0.3) is 21.8 Å². The fourth-order valence-corrected chi connectivity index (χ4v) is 11.7. The van der Waals surface area contributed by atoms with E-state index >= 15 is 14.4 Å². The maximum Gasteiger partial charge on any atom is 0.330 e. The van der Waals surface area contributed by atoms with Crippen molar-refractivity contribution in [1.82, 2.24) is 14.4 Å². The summed E-state index contributed by atoms with van der Waals surface area (Å²) < 4.78 is 51.1. The van der Waals surface area contributed by atoms with E-state index in [4.69, 9.17) is 25.8 Å². The molecular weight excluding hydrogens is 1050 g/mol. The summed E-state index contributed by atoms with van der Waals surface area (Å²) in [5.41, 5.74) is 3.26. The number of imide groups is 1. The Kier molecular flexibility index (Phi) is 22.6. The van der Waals surface area contributed by atoms with Crippen LogP contribution in [0.4, 0.5) is 16.2 Å². The maximum absolute atomic E-state index is 16.1. The molecule has 1 aliphatic heterocycles. The van der Waals surface area contributed by atoms with Gasteiger partial charge in [0, 0.05) is 30.1 Å². The first-order chi connectivity index (χ1) is 38.6. The molecule has 5 aromatic carbocycles. The van der Waals surface area contributed by atoms with E-state index in [-0.39, 0.29) is 58.5 Å². The van der Waals surface area contributed by atoms with Gasteiger partial charge in [0.05, 0.1) is 51.8 Å². The van der Waals surface area contributed by atoms with E-state index in [1.165, 1.54) is 106 Å². The number of hydrogen-bond donors (Lipinski definition) is 2. The highest BCUT2D eigenvalue weighted by Gasteiger charge is 2.53. The SMILES string of the molecule is CCCCCCCCCCCCCCCCCCOc1ccc(S(=O)(=O)Nc2ccccc2Cl)cc1NC(=O)C(C(=O)c1c(-c2ccc(C)c(OC(C)C)c2)n(C)c2ccccc12)N1C(=O)C(OCC)N(Cc2ccccc2)C1=O. The first kappa shape index (κ1) is 61.0. The second-order valence-corrected chi connectivity index (χ2v) is 23.1. The number of anilines is 2. The van der Waals surface area contributed by atoms with Gasteiger partial charge in [0.2, 0.25) is 6.23 Å². The zero-order chi connectivity index (χ0) is 57.2. The molecule has 0 spiro atoms. The van der Waals surface area contributed by atoms with Crippen molar-refractivity contribution in [2.75, 3.05) is 23.3 Å². The number of benzene rings is 5. The van der Waals surface area contributed by atoms with Gasteiger partial charge in [-0.25, -0.2) is 18.1 Å². The summed E-state index contributed by atoms with van der Waals surface area (Å²) in [6.07, 6.45) is 17.6. The van der Waals surface area contributed by atoms with Crippen molar-refractivity contribution in [1.29, 1.82) is 0 Å². The van der Waals surface area contributed by atoms with Gasteiger partial charge in [-0.2, -0.15) is 0 Å². The average Bonchev–Trinajstić information content (AvgIpc) is 3.95. The van der Waals surface area contributed by atoms with E-state index in [2.05, 4.69) is 17.0 Å². The van der Waals surface area contributed by atoms with Crippen LogP contribution in [-0.2, 0) is 37.9 Å². The zero-order valence-corrected chi connectivity index (χ0v) is 49.0. The third-order valence-corrected chi connectivity index (χ3v) is 16.2. The van der Waals surface area contributed by atoms with Gasteiger partial charge in [0.15, 0.2) is 11.8 Å². The van der Waals surface area contributed by atoms with Crippen molar-refractivity contribution in [3.63, 3.8) is 0 Å². The number of aryl methyl sites for hydroxylation is 2. The second kappa shape index (κ2) is 29.7. The zero-order valence-electron chi connectivity index (χ0n) is 47.4. The normalized spacial score (nSPS) is 14.1. The minimum Gasteiger partial charge on any atom is -0.491 e. The number of carbonyl (C=O) groups is 4. The Bertz CT molecular complexity index is 3160. The molecule has 0 saturated carbocycles. The summed E-state index contributed by atoms with van der Waals surface area (Å²) in [4.78, 5) is 63.3. The van der Waals surface area contributed by atoms with Crippen LogP contribution in [0.5, 0.6) is 11.5 Å². The lowest BCUT2D eigenvalue weighted by atomic mass is 9.95. The van der Waals surface area contributed by atoms with E-state index in [1.807, 2.05) is 61.7 Å². The Morgan fingerprint density at radius 1 is 0.700 bits per heavy atom. The molecule has 0 bridgehead atoms. The van der Waals surface area contributed by atoms with E-state index in [9.17, 15) is 13.2 Å². The van der Waals surface area contributed by atoms with Crippen LogP contribution in [0.2, 0.25) is 5.02 Å². The van der Waals surface area contributed by atoms with E-state index in [0.717, 1.165) is 24.8 Å². The third kappa shape index (κ3) is 15.6. The minimum atomic E-state index is -4.36. The van der Waals surface area contributed by atoms with Crippen LogP contribution in [-0.4, -0.2) is 78.0 Å². The Labute approximate surface area is 478 Å². The molecule has 1 fully saturated rings. The number of fused-ring (bicyclic) bond motifs is 1. The van der Waals surface area contributed by atoms with Crippen LogP contribution in [0.3, 0.4) is 0 Å². The number of ketones is 1. The molecule has 428 valence electrons. The molecule has 0 radical (unpaired) electrons. The lowest BCUT2D eigenvalue weighted by Crippen LogP contribution is -2.52. The highest BCUT2D eigenvalue weighted by Crippen LogP contribution is 2.39. The number of nitrogens with zero attached hydrogens (tertiary/aromatic N) is 3. The summed E-state index contributed by atoms with van der Waals surface area (Å²) in [6, 6.07) is 29.1. The van der Waals surface area contributed by atoms with Gasteiger partial charge >= 0.3 is 6.03 Å². The van der Waals surface area contributed by atoms with Crippen LogP contribution in [0.25, 0.3) is 22.2 Å². The van der Waals surface area contributed by atoms with Crippen LogP contribution >= 0.6 is 11.6 Å². The Morgan fingerprint density at radius 2 is 1.31 bits per heavy atom. The molecule has 0 aliphatic carbocycles. The Balaban J connectivity index is 1.21. The Morgan fingerprint density at radius 3 is 1.95 bits per heavy atom. The van der Waals surface area contributed by atoms with Crippen molar-refractivity contribution in [3.8, 4) is 22.8 Å². The van der Waals surface area contributed by atoms with Crippen LogP contribution in [0.15, 0.2) is 120 Å². The van der Waals surface area contributed by atoms with Gasteiger partial charge in [-0.3, -0.25) is 24.0 Å². The van der Waals surface area contributed by atoms with Gasteiger partial charge in [0.1, 0.15) is 11.5 Å². The van der Waals surface area contributed by atoms with Crippen LogP contribution in [0.1, 0.15) is 152 Å². The number of hydrogen-bond acceptors (Lipinski definition) is 9. The molecule has 2 unspecified atom stereocenters. The molecule has 80 heavy (non-hydrogen) atoms. The topological polar surface area (TPSA) is 166 Å². The van der Waals surface area contributed by atoms with Gasteiger partial charge in [-0.1, -0.05) is 188 Å². The lowest BCUT2D eigenvalue weighted by Gasteiger charge is -2.25.